The number of aromatic hydroxyl groups is 1. The van der Waals surface area contributed by atoms with Gasteiger partial charge in [-0.15, -0.1) is 0 Å². The molecule has 2 N–H and O–H groups in total. The minimum absolute atomic E-state index is 0.109. The summed E-state index contributed by atoms with van der Waals surface area (Å²) in [6.45, 7) is 0. The van der Waals surface area contributed by atoms with E-state index in [-0.39, 0.29) is 17.8 Å². The Labute approximate surface area is 190 Å². The fourth-order valence-corrected chi connectivity index (χ4v) is 4.57. The van der Waals surface area contributed by atoms with Gasteiger partial charge in [-0.25, -0.2) is 0 Å². The van der Waals surface area contributed by atoms with E-state index >= 15 is 0 Å². The summed E-state index contributed by atoms with van der Waals surface area (Å²) >= 11 is 12.0. The molecule has 1 saturated heterocycles. The van der Waals surface area contributed by atoms with Crippen molar-refractivity contribution in [3.63, 3.8) is 0 Å². The Kier molecular flexibility index (Phi) is 5.10. The van der Waals surface area contributed by atoms with E-state index in [1.165, 1.54) is 0 Å². The van der Waals surface area contributed by atoms with Crippen LogP contribution < -0.4 is 10.2 Å². The lowest BCUT2D eigenvalue weighted by Crippen LogP contribution is -2.30. The van der Waals surface area contributed by atoms with E-state index in [0.717, 1.165) is 17.1 Å². The summed E-state index contributed by atoms with van der Waals surface area (Å²) in [5.41, 5.74) is 3.46. The average molecular weight is 447 g/mol. The summed E-state index contributed by atoms with van der Waals surface area (Å²) in [4.78, 5) is 6.50. The molecular weight excluding hydrogens is 428 g/mol. The number of hydrogen-bond acceptors (Lipinski definition) is 3. The lowest BCUT2D eigenvalue weighted by Gasteiger charge is -2.29. The number of halogens is 1. The zero-order valence-electron chi connectivity index (χ0n) is 16.4. The zero-order valence-corrected chi connectivity index (χ0v) is 18.0. The van der Waals surface area contributed by atoms with Gasteiger partial charge < -0.3 is 19.9 Å². The molecule has 0 saturated carbocycles. The molecule has 7 heteroatoms. The van der Waals surface area contributed by atoms with E-state index < -0.39 is 0 Å². The number of aromatic nitrogens is 2. The van der Waals surface area contributed by atoms with Crippen molar-refractivity contribution in [3.8, 4) is 11.4 Å². The highest BCUT2D eigenvalue weighted by Crippen LogP contribution is 2.45. The molecule has 3 heterocycles. The van der Waals surface area contributed by atoms with E-state index in [2.05, 4.69) is 33.1 Å². The Hall–Kier alpha value is -3.35. The van der Waals surface area contributed by atoms with Gasteiger partial charge >= 0.3 is 0 Å². The van der Waals surface area contributed by atoms with Crippen LogP contribution in [-0.2, 0) is 0 Å². The normalized spacial score (nSPS) is 18.2. The van der Waals surface area contributed by atoms with Crippen LogP contribution in [0.15, 0.2) is 91.3 Å². The molecule has 0 aliphatic carbocycles. The van der Waals surface area contributed by atoms with Gasteiger partial charge in [0.05, 0.1) is 17.4 Å². The van der Waals surface area contributed by atoms with E-state index in [4.69, 9.17) is 23.8 Å². The maximum Gasteiger partial charge on any atom is 0.174 e. The summed E-state index contributed by atoms with van der Waals surface area (Å²) in [7, 11) is 0. The van der Waals surface area contributed by atoms with Crippen molar-refractivity contribution in [3.05, 3.63) is 108 Å². The minimum atomic E-state index is -0.262. The van der Waals surface area contributed by atoms with Crippen LogP contribution in [-0.4, -0.2) is 19.8 Å². The first-order valence-corrected chi connectivity index (χ1v) is 10.6. The van der Waals surface area contributed by atoms with Crippen molar-refractivity contribution in [2.45, 2.75) is 12.1 Å². The SMILES string of the molecule is Oc1ccc(Cl)cc1N1C(=S)NC(c2ccccn2)C1c1cccn1-c1ccccc1. The molecule has 0 radical (unpaired) electrons. The summed E-state index contributed by atoms with van der Waals surface area (Å²) in [5.74, 6) is 0.109. The van der Waals surface area contributed by atoms with Gasteiger partial charge in [0, 0.05) is 28.8 Å². The highest BCUT2D eigenvalue weighted by atomic mass is 35.5. The molecule has 2 aromatic heterocycles. The van der Waals surface area contributed by atoms with Crippen LogP contribution >= 0.6 is 23.8 Å². The molecule has 1 aliphatic rings. The zero-order chi connectivity index (χ0) is 21.4. The van der Waals surface area contributed by atoms with Gasteiger partial charge in [0.15, 0.2) is 5.11 Å². The van der Waals surface area contributed by atoms with Crippen LogP contribution in [0.3, 0.4) is 0 Å². The quantitative estimate of drug-likeness (QED) is 0.410. The Morgan fingerprint density at radius 3 is 2.55 bits per heavy atom. The smallest absolute Gasteiger partial charge is 0.174 e. The Morgan fingerprint density at radius 1 is 0.968 bits per heavy atom. The Bertz CT molecular complexity index is 1230. The van der Waals surface area contributed by atoms with Gasteiger partial charge in [-0.1, -0.05) is 35.9 Å². The standard InChI is InChI=1S/C24H19ClN4OS/c25-16-11-12-21(30)20(15-16)29-23(22(27-24(29)31)18-9-4-5-13-26-18)19-10-6-14-28(19)17-7-2-1-3-8-17/h1-15,22-23,30H,(H,27,31). The number of thiocarbonyl (C=S) groups is 1. The maximum absolute atomic E-state index is 10.7. The van der Waals surface area contributed by atoms with Crippen molar-refractivity contribution >= 4 is 34.6 Å². The van der Waals surface area contributed by atoms with Crippen molar-refractivity contribution in [1.82, 2.24) is 14.9 Å². The molecular formula is C24H19ClN4OS. The summed E-state index contributed by atoms with van der Waals surface area (Å²) in [5, 5.41) is 15.1. The molecule has 1 fully saturated rings. The number of pyridine rings is 1. The number of rotatable bonds is 4. The van der Waals surface area contributed by atoms with Gasteiger partial charge in [0.2, 0.25) is 0 Å². The van der Waals surface area contributed by atoms with E-state index in [1.807, 2.05) is 53.6 Å². The number of phenolic OH excluding ortho intramolecular Hbond substituents is 1. The lowest BCUT2D eigenvalue weighted by atomic mass is 10.0. The van der Waals surface area contributed by atoms with Gasteiger partial charge in [-0.3, -0.25) is 4.98 Å². The second kappa shape index (κ2) is 8.06. The summed E-state index contributed by atoms with van der Waals surface area (Å²) in [6.07, 6.45) is 3.80. The Morgan fingerprint density at radius 2 is 1.77 bits per heavy atom. The number of nitrogens with zero attached hydrogens (tertiary/aromatic N) is 3. The molecule has 1 aliphatic heterocycles. The molecule has 154 valence electrons. The maximum atomic E-state index is 10.7. The van der Waals surface area contributed by atoms with Gasteiger partial charge in [-0.05, 0) is 66.8 Å². The first kappa shape index (κ1) is 19.6. The summed E-state index contributed by atoms with van der Waals surface area (Å²) < 4.78 is 2.13. The number of hydrogen-bond donors (Lipinski definition) is 2. The van der Waals surface area contributed by atoms with Gasteiger partial charge in [-0.2, -0.15) is 0 Å². The first-order chi connectivity index (χ1) is 15.1. The Balaban J connectivity index is 1.70. The van der Waals surface area contributed by atoms with E-state index in [1.54, 1.807) is 24.4 Å². The fraction of sp³-hybridized carbons (Fsp3) is 0.0833. The highest BCUT2D eigenvalue weighted by Gasteiger charge is 2.43. The number of benzene rings is 2. The molecule has 2 unspecified atom stereocenters. The average Bonchev–Trinajstić information content (AvgIpc) is 3.41. The highest BCUT2D eigenvalue weighted by molar-refractivity contribution is 7.80. The molecule has 0 spiro atoms. The fourth-order valence-electron chi connectivity index (χ4n) is 4.06. The third-order valence-electron chi connectivity index (χ3n) is 5.41. The molecule has 4 aromatic rings. The number of para-hydroxylation sites is 1. The molecule has 5 nitrogen and oxygen atoms in total. The predicted molar refractivity (Wildman–Crippen MR) is 127 cm³/mol. The third-order valence-corrected chi connectivity index (χ3v) is 5.96. The van der Waals surface area contributed by atoms with Gasteiger partial charge in [0.25, 0.3) is 0 Å². The van der Waals surface area contributed by atoms with Crippen molar-refractivity contribution in [1.29, 1.82) is 0 Å². The number of phenols is 1. The largest absolute Gasteiger partial charge is 0.506 e. The van der Waals surface area contributed by atoms with E-state index in [9.17, 15) is 5.11 Å². The first-order valence-electron chi connectivity index (χ1n) is 9.85. The molecule has 5 rings (SSSR count). The van der Waals surface area contributed by atoms with Crippen LogP contribution in [0.2, 0.25) is 5.02 Å². The molecule has 0 bridgehead atoms. The van der Waals surface area contributed by atoms with Crippen molar-refractivity contribution in [2.24, 2.45) is 0 Å². The predicted octanol–water partition coefficient (Wildman–Crippen LogP) is 5.41. The topological polar surface area (TPSA) is 53.3 Å². The third kappa shape index (κ3) is 3.54. The summed E-state index contributed by atoms with van der Waals surface area (Å²) in [6, 6.07) is 24.5. The molecule has 0 amide bonds. The van der Waals surface area contributed by atoms with Crippen LogP contribution in [0.1, 0.15) is 23.5 Å². The lowest BCUT2D eigenvalue weighted by molar-refractivity contribution is 0.472. The van der Waals surface area contributed by atoms with Gasteiger partial charge in [0.1, 0.15) is 11.8 Å². The molecule has 2 atom stereocenters. The van der Waals surface area contributed by atoms with Crippen LogP contribution in [0.4, 0.5) is 5.69 Å². The monoisotopic (exact) mass is 446 g/mol. The van der Waals surface area contributed by atoms with Crippen molar-refractivity contribution < 1.29 is 5.11 Å². The van der Waals surface area contributed by atoms with Crippen LogP contribution in [0, 0.1) is 0 Å². The van der Waals surface area contributed by atoms with Crippen LogP contribution in [0.25, 0.3) is 5.69 Å². The molecule has 2 aromatic carbocycles. The minimum Gasteiger partial charge on any atom is -0.506 e. The number of nitrogens with one attached hydrogen (secondary N) is 1. The second-order valence-electron chi connectivity index (χ2n) is 7.27. The number of anilines is 1. The van der Waals surface area contributed by atoms with Crippen molar-refractivity contribution in [2.75, 3.05) is 4.90 Å². The van der Waals surface area contributed by atoms with Crippen LogP contribution in [0.5, 0.6) is 5.75 Å². The van der Waals surface area contributed by atoms with E-state index in [0.29, 0.717) is 15.8 Å². The molecule has 31 heavy (non-hydrogen) atoms. The second-order valence-corrected chi connectivity index (χ2v) is 8.09.